The minimum atomic E-state index is -0.0305. The molecule has 0 aliphatic carbocycles. The Morgan fingerprint density at radius 2 is 2.29 bits per heavy atom. The van der Waals surface area contributed by atoms with Crippen LogP contribution in [0.2, 0.25) is 0 Å². The van der Waals surface area contributed by atoms with E-state index in [2.05, 4.69) is 21.2 Å². The number of ether oxygens (including phenoxy) is 1. The second kappa shape index (κ2) is 3.61. The van der Waals surface area contributed by atoms with Crippen LogP contribution in [-0.4, -0.2) is 19.6 Å². The van der Waals surface area contributed by atoms with Gasteiger partial charge in [-0.2, -0.15) is 0 Å². The average molecular weight is 256 g/mol. The fourth-order valence-corrected chi connectivity index (χ4v) is 2.23. The Balaban J connectivity index is 2.63. The van der Waals surface area contributed by atoms with Gasteiger partial charge in [-0.15, -0.1) is 0 Å². The number of carbonyl (C=O) groups excluding carboxylic acids is 1. The molecule has 0 bridgehead atoms. The van der Waals surface area contributed by atoms with Gasteiger partial charge in [-0.25, -0.2) is 0 Å². The molecule has 0 spiro atoms. The highest BCUT2D eigenvalue weighted by atomic mass is 79.9. The van der Waals surface area contributed by atoms with Crippen molar-refractivity contribution in [2.24, 2.45) is 0 Å². The number of rotatable bonds is 1. The molecule has 0 unspecified atom stereocenters. The molecule has 3 nitrogen and oxygen atoms in total. The number of fused-ring (bicyclic) bond motifs is 1. The Morgan fingerprint density at radius 3 is 3.00 bits per heavy atom. The van der Waals surface area contributed by atoms with E-state index in [1.165, 1.54) is 0 Å². The molecule has 1 aromatic rings. The van der Waals surface area contributed by atoms with Crippen molar-refractivity contribution in [1.29, 1.82) is 0 Å². The third-order valence-electron chi connectivity index (χ3n) is 2.33. The molecule has 1 aliphatic rings. The van der Waals surface area contributed by atoms with E-state index in [-0.39, 0.29) is 5.91 Å². The molecular formula is C10H10BrNO2. The zero-order chi connectivity index (χ0) is 10.1. The van der Waals surface area contributed by atoms with Crippen molar-refractivity contribution >= 4 is 21.8 Å². The van der Waals surface area contributed by atoms with Crippen LogP contribution in [0.15, 0.2) is 16.6 Å². The quantitative estimate of drug-likeness (QED) is 0.831. The van der Waals surface area contributed by atoms with E-state index in [0.717, 1.165) is 22.2 Å². The third kappa shape index (κ3) is 1.39. The van der Waals surface area contributed by atoms with E-state index in [9.17, 15) is 4.79 Å². The molecule has 1 N–H and O–H groups in total. The van der Waals surface area contributed by atoms with Crippen molar-refractivity contribution in [1.82, 2.24) is 5.32 Å². The van der Waals surface area contributed by atoms with Crippen LogP contribution in [-0.2, 0) is 6.42 Å². The average Bonchev–Trinajstić information content (AvgIpc) is 2.18. The van der Waals surface area contributed by atoms with Gasteiger partial charge in [-0.05, 0) is 34.5 Å². The molecule has 14 heavy (non-hydrogen) atoms. The summed E-state index contributed by atoms with van der Waals surface area (Å²) in [7, 11) is 1.62. The van der Waals surface area contributed by atoms with E-state index < -0.39 is 0 Å². The number of nitrogens with one attached hydrogen (secondary N) is 1. The minimum absolute atomic E-state index is 0.0305. The van der Waals surface area contributed by atoms with E-state index in [1.54, 1.807) is 7.11 Å². The molecule has 4 heteroatoms. The van der Waals surface area contributed by atoms with Crippen LogP contribution in [0, 0.1) is 0 Å². The number of hydrogen-bond donors (Lipinski definition) is 1. The molecule has 0 saturated heterocycles. The lowest BCUT2D eigenvalue weighted by atomic mass is 9.99. The molecule has 74 valence electrons. The van der Waals surface area contributed by atoms with Gasteiger partial charge in [0.05, 0.1) is 12.7 Å². The van der Waals surface area contributed by atoms with Crippen LogP contribution in [0.1, 0.15) is 15.9 Å². The van der Waals surface area contributed by atoms with Crippen molar-refractivity contribution in [2.45, 2.75) is 6.42 Å². The van der Waals surface area contributed by atoms with Crippen LogP contribution < -0.4 is 10.1 Å². The normalized spacial score (nSPS) is 14.6. The third-order valence-corrected chi connectivity index (χ3v) is 2.99. The summed E-state index contributed by atoms with van der Waals surface area (Å²) in [5.74, 6) is 0.759. The first kappa shape index (κ1) is 9.52. The summed E-state index contributed by atoms with van der Waals surface area (Å²) < 4.78 is 6.04. The molecule has 0 atom stereocenters. The molecule has 1 aromatic carbocycles. The highest BCUT2D eigenvalue weighted by molar-refractivity contribution is 9.10. The van der Waals surface area contributed by atoms with Crippen molar-refractivity contribution in [2.75, 3.05) is 13.7 Å². The number of amides is 1. The Labute approximate surface area is 90.6 Å². The van der Waals surface area contributed by atoms with Gasteiger partial charge >= 0.3 is 0 Å². The topological polar surface area (TPSA) is 38.3 Å². The molecule has 2 rings (SSSR count). The maximum Gasteiger partial charge on any atom is 0.252 e. The first-order chi connectivity index (χ1) is 6.74. The fraction of sp³-hybridized carbons (Fsp3) is 0.300. The van der Waals surface area contributed by atoms with E-state index in [0.29, 0.717) is 12.1 Å². The lowest BCUT2D eigenvalue weighted by Gasteiger charge is -2.19. The maximum atomic E-state index is 11.6. The lowest BCUT2D eigenvalue weighted by molar-refractivity contribution is 0.0944. The van der Waals surface area contributed by atoms with Crippen LogP contribution in [0.25, 0.3) is 0 Å². The van der Waals surface area contributed by atoms with Crippen molar-refractivity contribution in [3.63, 3.8) is 0 Å². The number of benzene rings is 1. The fourth-order valence-electron chi connectivity index (χ4n) is 1.67. The molecule has 0 radical (unpaired) electrons. The van der Waals surface area contributed by atoms with Gasteiger partial charge < -0.3 is 10.1 Å². The molecule has 1 heterocycles. The van der Waals surface area contributed by atoms with E-state index in [1.807, 2.05) is 12.1 Å². The zero-order valence-electron chi connectivity index (χ0n) is 7.76. The summed E-state index contributed by atoms with van der Waals surface area (Å²) >= 11 is 3.37. The van der Waals surface area contributed by atoms with Crippen molar-refractivity contribution in [3.8, 4) is 5.75 Å². The summed E-state index contributed by atoms with van der Waals surface area (Å²) in [5.41, 5.74) is 1.70. The summed E-state index contributed by atoms with van der Waals surface area (Å²) in [6, 6.07) is 3.71. The van der Waals surface area contributed by atoms with Crippen LogP contribution in [0.4, 0.5) is 0 Å². The van der Waals surface area contributed by atoms with Gasteiger partial charge in [0.15, 0.2) is 0 Å². The standard InChI is InChI=1S/C10H10BrNO2/c1-14-8-3-2-7(11)9-6(8)4-5-12-10(9)13/h2-3H,4-5H2,1H3,(H,12,13). The Hall–Kier alpha value is -1.03. The molecule has 0 aromatic heterocycles. The summed E-state index contributed by atoms with van der Waals surface area (Å²) in [5, 5.41) is 2.81. The van der Waals surface area contributed by atoms with Gasteiger partial charge in [-0.1, -0.05) is 0 Å². The van der Waals surface area contributed by atoms with E-state index >= 15 is 0 Å². The highest BCUT2D eigenvalue weighted by Crippen LogP contribution is 2.30. The minimum Gasteiger partial charge on any atom is -0.496 e. The lowest BCUT2D eigenvalue weighted by Crippen LogP contribution is -2.32. The summed E-state index contributed by atoms with van der Waals surface area (Å²) in [6.07, 6.45) is 0.823. The summed E-state index contributed by atoms with van der Waals surface area (Å²) in [4.78, 5) is 11.6. The van der Waals surface area contributed by atoms with Crippen LogP contribution in [0.5, 0.6) is 5.75 Å². The zero-order valence-corrected chi connectivity index (χ0v) is 9.35. The number of methoxy groups -OCH3 is 1. The first-order valence-electron chi connectivity index (χ1n) is 4.37. The predicted molar refractivity (Wildman–Crippen MR) is 56.7 cm³/mol. The smallest absolute Gasteiger partial charge is 0.252 e. The number of hydrogen-bond acceptors (Lipinski definition) is 2. The molecule has 0 saturated carbocycles. The molecule has 0 fully saturated rings. The van der Waals surface area contributed by atoms with Crippen LogP contribution in [0.3, 0.4) is 0 Å². The van der Waals surface area contributed by atoms with Crippen molar-refractivity contribution < 1.29 is 9.53 Å². The molecule has 1 amide bonds. The van der Waals surface area contributed by atoms with Crippen molar-refractivity contribution in [3.05, 3.63) is 27.7 Å². The predicted octanol–water partition coefficient (Wildman–Crippen LogP) is 1.74. The second-order valence-corrected chi connectivity index (χ2v) is 3.96. The SMILES string of the molecule is COc1ccc(Br)c2c1CCNC2=O. The largest absolute Gasteiger partial charge is 0.496 e. The second-order valence-electron chi connectivity index (χ2n) is 3.11. The van der Waals surface area contributed by atoms with Gasteiger partial charge in [0, 0.05) is 16.6 Å². The summed E-state index contributed by atoms with van der Waals surface area (Å²) in [6.45, 7) is 0.679. The maximum absolute atomic E-state index is 11.6. The number of halogens is 1. The van der Waals surface area contributed by atoms with Gasteiger partial charge in [-0.3, -0.25) is 4.79 Å². The van der Waals surface area contributed by atoms with Crippen LogP contribution >= 0.6 is 15.9 Å². The number of carbonyl (C=O) groups is 1. The van der Waals surface area contributed by atoms with Gasteiger partial charge in [0.2, 0.25) is 0 Å². The molecular weight excluding hydrogens is 246 g/mol. The van der Waals surface area contributed by atoms with Gasteiger partial charge in [0.25, 0.3) is 5.91 Å². The highest BCUT2D eigenvalue weighted by Gasteiger charge is 2.22. The monoisotopic (exact) mass is 255 g/mol. The van der Waals surface area contributed by atoms with Gasteiger partial charge in [0.1, 0.15) is 5.75 Å². The first-order valence-corrected chi connectivity index (χ1v) is 5.17. The Kier molecular flexibility index (Phi) is 2.46. The molecule has 1 aliphatic heterocycles. The Morgan fingerprint density at radius 1 is 1.50 bits per heavy atom. The van der Waals surface area contributed by atoms with E-state index in [4.69, 9.17) is 4.74 Å². The Bertz CT molecular complexity index is 390.